The molecule has 16 rings (SSSR count). The quantitative estimate of drug-likeness (QED) is 0.0360. The van der Waals surface area contributed by atoms with E-state index in [0.717, 1.165) is 38.1 Å². The second-order valence-corrected chi connectivity index (χ2v) is 34.1. The average Bonchev–Trinajstić information content (AvgIpc) is 1.62. The van der Waals surface area contributed by atoms with E-state index >= 15 is 8.78 Å². The third kappa shape index (κ3) is 25.8. The van der Waals surface area contributed by atoms with Crippen LogP contribution in [0, 0.1) is 180 Å². The number of esters is 3. The fourth-order valence-electron chi connectivity index (χ4n) is 14.7. The molecule has 4 heterocycles. The van der Waals surface area contributed by atoms with Crippen LogP contribution in [0.4, 0.5) is 22.4 Å². The standard InChI is InChI=1S/C31H27ClFN3O5.C26H19ClFN3O3.C25H17ClFN3O3.C23H15BrClFN2O3.CH4.3U/c1-18-8-6-10-23(32)26(18)28(37)36-25-16-19(9-7-15-34-30(39)41-31(2,3)4)11-13-22(25)27(35-36)21-14-12-20(17-24(21)33)29(38)40-5;1-15-5-3-7-20(27)23(15)25(32)31-22-13-16(6-4-12-29)8-10-19(22)24(30-31)18-11-9-17(14-21(18)28)26(33)34-2;1-14-4-2-6-19(26)22(14)24(31)30-21-12-15(5-3-11-28)7-9-18(21)23(29-30)17-10-8-16(25(32)33)13-20(17)27;1-12-4-3-5-17(25)20(12)22(29)28-19-11-14(24)7-9-16(19)21(27-28)15-8-6-13(10-18(15)26)23(30)31-2;;;;/h6,8,10-14,16-17H,15H2,1-5H3,(H,34,39);3,5,7-11,13-14H,12,29H2,1-2H3;2,4,6-10,12-13H,11,28H2,1H3,(H,32,33);3-11H,1-2H3;1H4;;;. The summed E-state index contributed by atoms with van der Waals surface area (Å²) in [7, 11) is 3.65. The number of methoxy groups -OCH3 is 3. The molecule has 6 N–H and O–H groups in total. The maximum absolute atomic E-state index is 15.2. The van der Waals surface area contributed by atoms with Crippen LogP contribution in [0.15, 0.2) is 223 Å². The van der Waals surface area contributed by atoms with Gasteiger partial charge in [-0.25, -0.2) is 41.5 Å². The van der Waals surface area contributed by atoms with E-state index in [-0.39, 0.29) is 214 Å². The molecule has 0 aliphatic heterocycles. The van der Waals surface area contributed by atoms with Crippen molar-refractivity contribution in [3.8, 4) is 80.6 Å². The summed E-state index contributed by atoms with van der Waals surface area (Å²) in [5, 5.41) is 32.7. The molecule has 25 nitrogen and oxygen atoms in total. The molecule has 0 saturated heterocycles. The number of halogens is 9. The molecule has 0 spiro atoms. The van der Waals surface area contributed by atoms with Crippen LogP contribution in [0.1, 0.15) is 150 Å². The van der Waals surface area contributed by atoms with E-state index in [9.17, 15) is 51.9 Å². The van der Waals surface area contributed by atoms with Crippen LogP contribution in [-0.2, 0) is 18.9 Å². The number of aromatic nitrogens is 8. The van der Waals surface area contributed by atoms with Gasteiger partial charge < -0.3 is 40.8 Å². The number of nitrogens with two attached hydrogens (primary N) is 2. The summed E-state index contributed by atoms with van der Waals surface area (Å²) in [4.78, 5) is 113. The topological polar surface area (TPSA) is 346 Å². The van der Waals surface area contributed by atoms with E-state index in [2.05, 4.69) is 91.4 Å². The van der Waals surface area contributed by atoms with Gasteiger partial charge in [0.1, 0.15) is 51.6 Å². The first-order chi connectivity index (χ1) is 66.4. The molecule has 0 unspecified atom stereocenters. The number of ether oxygens (including phenoxy) is 4. The monoisotopic (exact) mass is 2740 g/mol. The molecule has 16 aromatic rings. The zero-order valence-corrected chi connectivity index (χ0v) is 93.9. The molecule has 4 aromatic heterocycles. The number of amides is 1. The normalized spacial score (nSPS) is 10.5. The molecule has 143 heavy (non-hydrogen) atoms. The summed E-state index contributed by atoms with van der Waals surface area (Å²) in [6.07, 6.45) is -0.592. The Balaban J connectivity index is 0.000000212. The minimum atomic E-state index is -1.25. The van der Waals surface area contributed by atoms with Crippen molar-refractivity contribution in [2.24, 2.45) is 11.5 Å². The molecule has 0 fully saturated rings. The first-order valence-electron chi connectivity index (χ1n) is 41.9. The van der Waals surface area contributed by atoms with E-state index in [0.29, 0.717) is 98.7 Å². The van der Waals surface area contributed by atoms with Gasteiger partial charge in [-0.15, -0.1) is 0 Å². The van der Waals surface area contributed by atoms with Crippen molar-refractivity contribution in [2.75, 3.05) is 41.0 Å². The van der Waals surface area contributed by atoms with Crippen LogP contribution in [0.3, 0.4) is 0 Å². The number of carboxylic acid groups (broad SMARTS) is 1. The van der Waals surface area contributed by atoms with Gasteiger partial charge in [0.15, 0.2) is 0 Å². The summed E-state index contributed by atoms with van der Waals surface area (Å²) in [5.41, 5.74) is 18.9. The molecule has 1 amide bonds. The Labute approximate surface area is 916 Å². The number of aromatic carboxylic acids is 1. The third-order valence-corrected chi connectivity index (χ3v) is 23.0. The van der Waals surface area contributed by atoms with Gasteiger partial charge in [-0.2, -0.15) is 39.1 Å². The largest absolute Gasteiger partial charge is 0.478 e. The van der Waals surface area contributed by atoms with Crippen molar-refractivity contribution in [2.45, 2.75) is 61.5 Å². The van der Waals surface area contributed by atoms with Gasteiger partial charge >= 0.3 is 30.0 Å². The Kier molecular flexibility index (Phi) is 40.0. The number of aryl methyl sites for hydroxylation is 4. The van der Waals surface area contributed by atoms with Crippen LogP contribution < -0.4 is 16.8 Å². The molecular formula is C106H82BrCl4F4N11O14U3. The number of carbonyl (C=O) groups excluding carboxylic acids is 8. The molecule has 37 heteroatoms. The minimum absolute atomic E-state index is 0. The number of nitrogens with one attached hydrogen (secondary N) is 1. The smallest absolute Gasteiger partial charge is 0.408 e. The van der Waals surface area contributed by atoms with E-state index in [1.165, 1.54) is 79.2 Å². The van der Waals surface area contributed by atoms with Gasteiger partial charge in [-0.1, -0.05) is 154 Å². The van der Waals surface area contributed by atoms with Crippen molar-refractivity contribution in [3.05, 3.63) is 350 Å². The molecule has 0 saturated carbocycles. The SMILES string of the molecule is C.COC(=O)c1ccc(-c2nn(C(=O)c3c(C)cccc3Cl)c3cc(Br)ccc23)c(F)c1.COC(=O)c1ccc(-c2nn(C(=O)c3c(C)cccc3Cl)c3cc(C#CCN)ccc23)c(F)c1.COC(=O)c1ccc(-c2nn(C(=O)c3c(C)cccc3Cl)c3cc(C#CCNC(=O)OC(C)(C)C)ccc23)c(F)c1.Cc1cccc(Cl)c1C(=O)n1nc(-c2ccc(C(=O)O)cc2F)c2ccc(C#CCN)cc21.[U].[U].[U]. The first-order valence-corrected chi connectivity index (χ1v) is 44.2. The Morgan fingerprint density at radius 1 is 0.392 bits per heavy atom. The number of carbonyl (C=O) groups is 9. The van der Waals surface area contributed by atoms with E-state index in [1.807, 2.05) is 0 Å². The number of hydrogen-bond acceptors (Lipinski definition) is 19. The number of rotatable bonds is 13. The number of hydrogen-bond donors (Lipinski definition) is 4. The fourth-order valence-corrected chi connectivity index (χ4v) is 16.3. The Bertz CT molecular complexity index is 7910. The summed E-state index contributed by atoms with van der Waals surface area (Å²) >= 11 is 28.7. The zero-order valence-electron chi connectivity index (χ0n) is 76.8. The van der Waals surface area contributed by atoms with Gasteiger partial charge in [0.05, 0.1) is 128 Å². The number of alkyl carbamates (subject to hydrolysis) is 1. The average molecular weight is 2750 g/mol. The Hall–Kier alpha value is -12.5. The third-order valence-electron chi connectivity index (χ3n) is 21.2. The van der Waals surface area contributed by atoms with Crippen LogP contribution in [-0.4, -0.2) is 144 Å². The number of nitrogens with zero attached hydrogens (tertiary/aromatic N) is 8. The van der Waals surface area contributed by atoms with Gasteiger partial charge in [0.25, 0.3) is 23.6 Å². The van der Waals surface area contributed by atoms with Gasteiger partial charge in [0, 0.05) is 158 Å². The summed E-state index contributed by atoms with van der Waals surface area (Å²) in [6.45, 7) is 12.7. The van der Waals surface area contributed by atoms with Crippen LogP contribution in [0.5, 0.6) is 0 Å². The molecule has 12 aromatic carbocycles. The van der Waals surface area contributed by atoms with Crippen molar-refractivity contribution in [1.82, 2.24) is 44.4 Å². The minimum Gasteiger partial charge on any atom is -0.478 e. The number of fused-ring (bicyclic) bond motifs is 4. The molecule has 0 radical (unpaired) electrons. The molecular weight excluding hydrogens is 2660 g/mol. The second-order valence-electron chi connectivity index (χ2n) is 31.6. The summed E-state index contributed by atoms with van der Waals surface area (Å²) in [5.74, 6) is 9.25. The van der Waals surface area contributed by atoms with Crippen LogP contribution >= 0.6 is 62.3 Å². The number of benzene rings is 12. The summed E-state index contributed by atoms with van der Waals surface area (Å²) < 4.78 is 84.8. The predicted octanol–water partition coefficient (Wildman–Crippen LogP) is 21.9. The number of carboxylic acids is 1. The first kappa shape index (κ1) is 114. The van der Waals surface area contributed by atoms with Crippen molar-refractivity contribution >= 4 is 160 Å². The zero-order chi connectivity index (χ0) is 100. The van der Waals surface area contributed by atoms with Gasteiger partial charge in [-0.3, -0.25) is 19.2 Å². The molecule has 0 aliphatic carbocycles. The van der Waals surface area contributed by atoms with E-state index in [4.69, 9.17) is 67.7 Å². The summed E-state index contributed by atoms with van der Waals surface area (Å²) in [6, 6.07) is 56.4. The van der Waals surface area contributed by atoms with Gasteiger partial charge in [-0.05, 0) is 241 Å². The molecule has 0 aliphatic rings. The molecule has 720 valence electrons. The van der Waals surface area contributed by atoms with E-state index < -0.39 is 82.5 Å². The molecule has 0 atom stereocenters. The predicted molar refractivity (Wildman–Crippen MR) is 533 cm³/mol. The van der Waals surface area contributed by atoms with Crippen molar-refractivity contribution in [1.29, 1.82) is 0 Å². The maximum Gasteiger partial charge on any atom is 0.408 e. The van der Waals surface area contributed by atoms with Crippen molar-refractivity contribution < 1.29 is 178 Å². The Morgan fingerprint density at radius 3 is 0.916 bits per heavy atom. The van der Waals surface area contributed by atoms with Gasteiger partial charge in [0.2, 0.25) is 0 Å². The van der Waals surface area contributed by atoms with E-state index in [1.54, 1.807) is 194 Å². The van der Waals surface area contributed by atoms with Crippen LogP contribution in [0.25, 0.3) is 88.6 Å². The van der Waals surface area contributed by atoms with Crippen molar-refractivity contribution in [3.63, 3.8) is 0 Å². The second kappa shape index (κ2) is 50.1. The maximum atomic E-state index is 15.2. The van der Waals surface area contributed by atoms with Crippen LogP contribution in [0.2, 0.25) is 20.1 Å². The molecule has 0 bridgehead atoms. The Morgan fingerprint density at radius 2 is 0.657 bits per heavy atom. The fraction of sp³-hybridized carbons (Fsp3) is 0.142.